The molecular weight excluding hydrogens is 508 g/mol. The van der Waals surface area contributed by atoms with Gasteiger partial charge in [-0.2, -0.15) is 0 Å². The molecule has 0 amide bonds. The summed E-state index contributed by atoms with van der Waals surface area (Å²) in [5.41, 5.74) is -3.81. The number of carbonyl (C=O) groups excluding carboxylic acids is 2. The maximum absolute atomic E-state index is 12.5. The molecule has 2 aliphatic heterocycles. The molecule has 1 aromatic carbocycles. The Bertz CT molecular complexity index is 1080. The summed E-state index contributed by atoms with van der Waals surface area (Å²) >= 11 is 0. The monoisotopic (exact) mass is 538 g/mol. The number of esters is 1. The number of fused-ring (bicyclic) bond motifs is 1. The van der Waals surface area contributed by atoms with Gasteiger partial charge < -0.3 is 54.7 Å². The molecule has 0 unspecified atom stereocenters. The van der Waals surface area contributed by atoms with Gasteiger partial charge in [-0.15, -0.1) is 0 Å². The van der Waals surface area contributed by atoms with Gasteiger partial charge in [0.2, 0.25) is 6.29 Å². The summed E-state index contributed by atoms with van der Waals surface area (Å²) in [5, 5.41) is 72.1. The van der Waals surface area contributed by atoms with Crippen LogP contribution in [0.2, 0.25) is 0 Å². The normalized spacial score (nSPS) is 40.8. The number of aldehydes is 1. The molecule has 1 aromatic rings. The first-order valence-electron chi connectivity index (χ1n) is 11.8. The van der Waals surface area contributed by atoms with Crippen LogP contribution < -0.4 is 0 Å². The molecule has 0 bridgehead atoms. The highest BCUT2D eigenvalue weighted by atomic mass is 16.8. The first-order chi connectivity index (χ1) is 17.9. The molecule has 3 aliphatic rings. The Morgan fingerprint density at radius 3 is 2.42 bits per heavy atom. The minimum Gasteiger partial charge on any atom is -0.508 e. The van der Waals surface area contributed by atoms with E-state index in [1.54, 1.807) is 12.1 Å². The molecule has 1 saturated heterocycles. The van der Waals surface area contributed by atoms with Crippen molar-refractivity contribution >= 4 is 18.3 Å². The number of hydrogen-bond donors (Lipinski definition) is 7. The quantitative estimate of drug-likeness (QED) is 0.115. The van der Waals surface area contributed by atoms with E-state index >= 15 is 0 Å². The summed E-state index contributed by atoms with van der Waals surface area (Å²) in [6, 6.07) is 5.97. The molecule has 13 heteroatoms. The second-order valence-corrected chi connectivity index (χ2v) is 9.71. The Labute approximate surface area is 216 Å². The standard InChI is InChI=1S/C25H30O13/c1-24(33)16(37-17(29)7-4-12-2-5-14(28)6-3-12)8-25(34)13(9-26)11-35-23(21(24)25)38-22-20(32)19(31)18(30)15(10-27)36-22/h2-7,9,11,15-16,18-23,27-28,30-34H,8,10H2,1H3/b7-4+/t15-,16+,18-,19+,20-,21-,22+,23+,24+,25+/m1/s1. The van der Waals surface area contributed by atoms with Gasteiger partial charge in [0.15, 0.2) is 12.6 Å². The van der Waals surface area contributed by atoms with E-state index < -0.39 is 79.2 Å². The van der Waals surface area contributed by atoms with E-state index in [2.05, 4.69) is 0 Å². The fraction of sp³-hybridized carbons (Fsp3) is 0.520. The van der Waals surface area contributed by atoms with E-state index in [-0.39, 0.29) is 11.3 Å². The van der Waals surface area contributed by atoms with Crippen molar-refractivity contribution in [2.24, 2.45) is 5.92 Å². The second-order valence-electron chi connectivity index (χ2n) is 9.71. The lowest BCUT2D eigenvalue weighted by molar-refractivity contribution is -0.352. The molecular formula is C25H30O13. The van der Waals surface area contributed by atoms with Gasteiger partial charge in [0.1, 0.15) is 47.5 Å². The predicted molar refractivity (Wildman–Crippen MR) is 125 cm³/mol. The van der Waals surface area contributed by atoms with E-state index in [1.165, 1.54) is 25.1 Å². The number of phenols is 1. The number of aliphatic hydroxyl groups excluding tert-OH is 4. The average molecular weight is 539 g/mol. The molecule has 10 atom stereocenters. The van der Waals surface area contributed by atoms with Gasteiger partial charge in [-0.3, -0.25) is 4.79 Å². The highest BCUT2D eigenvalue weighted by Crippen LogP contribution is 2.52. The van der Waals surface area contributed by atoms with Crippen LogP contribution in [0, 0.1) is 5.92 Å². The van der Waals surface area contributed by atoms with Gasteiger partial charge in [0, 0.05) is 12.5 Å². The van der Waals surface area contributed by atoms with Crippen LogP contribution in [0.4, 0.5) is 0 Å². The summed E-state index contributed by atoms with van der Waals surface area (Å²) in [6.07, 6.45) is -7.78. The van der Waals surface area contributed by atoms with Crippen LogP contribution in [-0.2, 0) is 28.5 Å². The molecule has 7 N–H and O–H groups in total. The minimum absolute atomic E-state index is 0.0457. The summed E-state index contributed by atoms with van der Waals surface area (Å²) in [4.78, 5) is 24.3. The third-order valence-corrected chi connectivity index (χ3v) is 7.20. The predicted octanol–water partition coefficient (Wildman–Crippen LogP) is -1.93. The number of ether oxygens (including phenoxy) is 4. The van der Waals surface area contributed by atoms with E-state index in [9.17, 15) is 45.3 Å². The van der Waals surface area contributed by atoms with Crippen molar-refractivity contribution in [2.45, 2.75) is 67.6 Å². The lowest BCUT2D eigenvalue weighted by Crippen LogP contribution is -2.62. The molecule has 13 nitrogen and oxygen atoms in total. The fourth-order valence-corrected chi connectivity index (χ4v) is 5.06. The van der Waals surface area contributed by atoms with Crippen LogP contribution in [0.25, 0.3) is 6.08 Å². The Balaban J connectivity index is 1.55. The lowest BCUT2D eigenvalue weighted by atomic mass is 9.78. The molecule has 0 radical (unpaired) electrons. The van der Waals surface area contributed by atoms with Gasteiger partial charge in [0.05, 0.1) is 24.4 Å². The van der Waals surface area contributed by atoms with Gasteiger partial charge in [0.25, 0.3) is 0 Å². The third kappa shape index (κ3) is 5.07. The van der Waals surface area contributed by atoms with Crippen molar-refractivity contribution in [1.82, 2.24) is 0 Å². The molecule has 208 valence electrons. The second kappa shape index (κ2) is 10.7. The van der Waals surface area contributed by atoms with E-state index in [0.29, 0.717) is 11.8 Å². The fourth-order valence-electron chi connectivity index (χ4n) is 5.06. The summed E-state index contributed by atoms with van der Waals surface area (Å²) < 4.78 is 21.8. The minimum atomic E-state index is -2.09. The molecule has 0 aromatic heterocycles. The largest absolute Gasteiger partial charge is 0.508 e. The maximum Gasteiger partial charge on any atom is 0.331 e. The number of aliphatic hydroxyl groups is 6. The highest BCUT2D eigenvalue weighted by Gasteiger charge is 2.68. The molecule has 0 spiro atoms. The Morgan fingerprint density at radius 2 is 1.79 bits per heavy atom. The van der Waals surface area contributed by atoms with E-state index in [4.69, 9.17) is 18.9 Å². The highest BCUT2D eigenvalue weighted by molar-refractivity contribution is 5.87. The number of hydrogen-bond acceptors (Lipinski definition) is 13. The van der Waals surface area contributed by atoms with Crippen molar-refractivity contribution in [2.75, 3.05) is 6.61 Å². The Morgan fingerprint density at radius 1 is 1.11 bits per heavy atom. The van der Waals surface area contributed by atoms with Gasteiger partial charge in [-0.25, -0.2) is 4.79 Å². The summed E-state index contributed by atoms with van der Waals surface area (Å²) in [5.74, 6) is -2.27. The molecule has 1 aliphatic carbocycles. The van der Waals surface area contributed by atoms with Gasteiger partial charge >= 0.3 is 5.97 Å². The lowest BCUT2D eigenvalue weighted by Gasteiger charge is -2.46. The van der Waals surface area contributed by atoms with Crippen LogP contribution in [-0.4, -0.2) is 109 Å². The molecule has 2 fully saturated rings. The first kappa shape index (κ1) is 28.1. The third-order valence-electron chi connectivity index (χ3n) is 7.20. The summed E-state index contributed by atoms with van der Waals surface area (Å²) in [7, 11) is 0. The van der Waals surface area contributed by atoms with Gasteiger partial charge in [-0.05, 0) is 30.7 Å². The van der Waals surface area contributed by atoms with Crippen LogP contribution in [0.1, 0.15) is 18.9 Å². The van der Waals surface area contributed by atoms with Crippen LogP contribution in [0.15, 0.2) is 42.2 Å². The smallest absolute Gasteiger partial charge is 0.331 e. The average Bonchev–Trinajstić information content (AvgIpc) is 3.09. The maximum atomic E-state index is 12.5. The Hall–Kier alpha value is -2.88. The zero-order valence-corrected chi connectivity index (χ0v) is 20.2. The summed E-state index contributed by atoms with van der Waals surface area (Å²) in [6.45, 7) is 0.532. The van der Waals surface area contributed by atoms with Crippen LogP contribution >= 0.6 is 0 Å². The molecule has 2 heterocycles. The van der Waals surface area contributed by atoms with Crippen molar-refractivity contribution in [3.05, 3.63) is 47.7 Å². The zero-order chi connectivity index (χ0) is 27.8. The molecule has 4 rings (SSSR count). The Kier molecular flexibility index (Phi) is 7.93. The van der Waals surface area contributed by atoms with Crippen molar-refractivity contribution in [3.8, 4) is 5.75 Å². The first-order valence-corrected chi connectivity index (χ1v) is 11.8. The molecule has 38 heavy (non-hydrogen) atoms. The van der Waals surface area contributed by atoms with Gasteiger partial charge in [-0.1, -0.05) is 12.1 Å². The number of carbonyl (C=O) groups is 2. The van der Waals surface area contributed by atoms with Crippen LogP contribution in [0.5, 0.6) is 5.75 Å². The molecule has 1 saturated carbocycles. The number of aromatic hydroxyl groups is 1. The van der Waals surface area contributed by atoms with E-state index in [1.807, 2.05) is 0 Å². The van der Waals surface area contributed by atoms with Crippen molar-refractivity contribution in [1.29, 1.82) is 0 Å². The number of benzene rings is 1. The van der Waals surface area contributed by atoms with Crippen molar-refractivity contribution in [3.63, 3.8) is 0 Å². The topological polar surface area (TPSA) is 213 Å². The number of rotatable bonds is 7. The SMILES string of the molecule is C[C@]1(O)[C@@H](OC(=O)/C=C/c2ccc(O)cc2)C[C@]2(O)C(C=O)=CO[C@@H](O[C@@H]3O[C@H](CO)[C@@H](O)[C@H](O)[C@H]3O)[C@H]12. The zero-order valence-electron chi connectivity index (χ0n) is 20.2. The number of phenolic OH excluding ortho intramolecular Hbond substituents is 1. The van der Waals surface area contributed by atoms with Crippen molar-refractivity contribution < 1.29 is 64.3 Å². The van der Waals surface area contributed by atoms with E-state index in [0.717, 1.165) is 12.3 Å². The van der Waals surface area contributed by atoms with Crippen LogP contribution in [0.3, 0.4) is 0 Å².